The third-order valence-electron chi connectivity index (χ3n) is 5.61. The molecule has 1 aliphatic heterocycles. The van der Waals surface area contributed by atoms with E-state index in [4.69, 9.17) is 11.6 Å². The van der Waals surface area contributed by atoms with Crippen LogP contribution in [0.25, 0.3) is 10.9 Å². The molecule has 4 rings (SSSR count). The van der Waals surface area contributed by atoms with Crippen LogP contribution in [-0.2, 0) is 6.54 Å². The second-order valence-corrected chi connectivity index (χ2v) is 8.63. The Labute approximate surface area is 187 Å². The first-order chi connectivity index (χ1) is 15.1. The number of benzene rings is 2. The summed E-state index contributed by atoms with van der Waals surface area (Å²) in [5, 5.41) is 5.81. The van der Waals surface area contributed by atoms with E-state index in [0.717, 1.165) is 0 Å². The van der Waals surface area contributed by atoms with Gasteiger partial charge in [-0.25, -0.2) is 0 Å². The molecule has 1 amide bonds. The van der Waals surface area contributed by atoms with E-state index >= 15 is 0 Å². The molecule has 0 atom stereocenters. The van der Waals surface area contributed by atoms with Crippen molar-refractivity contribution in [1.29, 1.82) is 0 Å². The molecule has 0 bridgehead atoms. The van der Waals surface area contributed by atoms with Gasteiger partial charge in [0.15, 0.2) is 5.78 Å². The van der Waals surface area contributed by atoms with Crippen molar-refractivity contribution in [3.63, 3.8) is 0 Å². The van der Waals surface area contributed by atoms with Crippen LogP contribution < -0.4 is 0 Å². The van der Waals surface area contributed by atoms with Crippen LogP contribution in [0.3, 0.4) is 0 Å². The average Bonchev–Trinajstić information content (AvgIpc) is 3.08. The third-order valence-corrected chi connectivity index (χ3v) is 5.87. The van der Waals surface area contributed by atoms with Crippen molar-refractivity contribution in [3.8, 4) is 0 Å². The summed E-state index contributed by atoms with van der Waals surface area (Å²) in [7, 11) is 0. The first-order valence-corrected chi connectivity index (χ1v) is 10.6. The minimum atomic E-state index is -4.36. The number of halogens is 4. The molecule has 0 spiro atoms. The number of Topliss-reactive ketones (excluding diaryl/α,β-unsaturated/α-hetero) is 1. The molecule has 1 aliphatic rings. The molecule has 0 N–H and O–H groups in total. The number of fused-ring (bicyclic) bond motifs is 1. The molecular formula is C23H21ClF3N3O2. The summed E-state index contributed by atoms with van der Waals surface area (Å²) in [6.07, 6.45) is -4.26. The monoisotopic (exact) mass is 463 g/mol. The number of nitrogens with zero attached hydrogens (tertiary/aromatic N) is 3. The summed E-state index contributed by atoms with van der Waals surface area (Å²) in [6, 6.07) is 10.1. The van der Waals surface area contributed by atoms with Crippen molar-refractivity contribution in [3.05, 3.63) is 64.3 Å². The summed E-state index contributed by atoms with van der Waals surface area (Å²) >= 11 is 5.86. The number of aryl methyl sites for hydroxylation is 1. The molecule has 0 aliphatic carbocycles. The van der Waals surface area contributed by atoms with Crippen molar-refractivity contribution < 1.29 is 22.8 Å². The second kappa shape index (κ2) is 8.58. The average molecular weight is 464 g/mol. The molecule has 168 valence electrons. The van der Waals surface area contributed by atoms with E-state index in [-0.39, 0.29) is 11.8 Å². The molecular weight excluding hydrogens is 443 g/mol. The number of hydrogen-bond donors (Lipinski definition) is 0. The molecule has 0 radical (unpaired) electrons. The van der Waals surface area contributed by atoms with Crippen molar-refractivity contribution in [2.75, 3.05) is 13.1 Å². The normalized spacial score (nSPS) is 14.6. The molecule has 0 saturated carbocycles. The lowest BCUT2D eigenvalue weighted by Crippen LogP contribution is -2.51. The van der Waals surface area contributed by atoms with Gasteiger partial charge in [-0.1, -0.05) is 11.6 Å². The van der Waals surface area contributed by atoms with Gasteiger partial charge < -0.3 is 4.90 Å². The quantitative estimate of drug-likeness (QED) is 0.466. The fourth-order valence-corrected chi connectivity index (χ4v) is 4.03. The number of ketones is 1. The molecule has 3 aromatic rings. The third kappa shape index (κ3) is 4.96. The highest BCUT2D eigenvalue weighted by atomic mass is 35.5. The molecule has 1 saturated heterocycles. The second-order valence-electron chi connectivity index (χ2n) is 8.20. The zero-order chi connectivity index (χ0) is 23.0. The van der Waals surface area contributed by atoms with E-state index in [9.17, 15) is 22.8 Å². The van der Waals surface area contributed by atoms with Crippen LogP contribution in [-0.4, -0.2) is 45.6 Å². The molecule has 5 nitrogen and oxygen atoms in total. The number of hydrogen-bond acceptors (Lipinski definition) is 3. The summed E-state index contributed by atoms with van der Waals surface area (Å²) in [5.74, 6) is -0.319. The summed E-state index contributed by atoms with van der Waals surface area (Å²) in [5.41, 5.74) is 2.18. The summed E-state index contributed by atoms with van der Waals surface area (Å²) in [4.78, 5) is 26.5. The van der Waals surface area contributed by atoms with Crippen LogP contribution in [0, 0.1) is 12.8 Å². The minimum absolute atomic E-state index is 0.0406. The van der Waals surface area contributed by atoms with Crippen LogP contribution in [0.15, 0.2) is 42.6 Å². The summed E-state index contributed by atoms with van der Waals surface area (Å²) < 4.78 is 39.1. The fraction of sp³-hybridized carbons (Fsp3) is 0.348. The van der Waals surface area contributed by atoms with Crippen LogP contribution in [0.2, 0.25) is 5.02 Å². The van der Waals surface area contributed by atoms with E-state index in [0.29, 0.717) is 52.3 Å². The highest BCUT2D eigenvalue weighted by Crippen LogP contribution is 2.26. The lowest BCUT2D eigenvalue weighted by atomic mass is 9.98. The van der Waals surface area contributed by atoms with Gasteiger partial charge in [-0.3, -0.25) is 14.3 Å². The van der Waals surface area contributed by atoms with E-state index in [2.05, 4.69) is 5.10 Å². The lowest BCUT2D eigenvalue weighted by Gasteiger charge is -2.39. The maximum atomic E-state index is 12.5. The Morgan fingerprint density at radius 3 is 2.50 bits per heavy atom. The number of rotatable bonds is 6. The smallest absolute Gasteiger partial charge is 0.338 e. The highest BCUT2D eigenvalue weighted by Gasteiger charge is 2.32. The molecule has 2 heterocycles. The van der Waals surface area contributed by atoms with Gasteiger partial charge in [-0.15, -0.1) is 0 Å². The molecule has 1 fully saturated rings. The van der Waals surface area contributed by atoms with Crippen LogP contribution in [0.4, 0.5) is 13.2 Å². The number of aromatic nitrogens is 2. The zero-order valence-electron chi connectivity index (χ0n) is 17.3. The van der Waals surface area contributed by atoms with E-state index in [1.54, 1.807) is 59.1 Å². The lowest BCUT2D eigenvalue weighted by molar-refractivity contribution is -0.133. The maximum Gasteiger partial charge on any atom is 0.389 e. The minimum Gasteiger partial charge on any atom is -0.338 e. The topological polar surface area (TPSA) is 55.2 Å². The first kappa shape index (κ1) is 22.3. The van der Waals surface area contributed by atoms with Gasteiger partial charge in [0, 0.05) is 59.7 Å². The zero-order valence-corrected chi connectivity index (χ0v) is 18.1. The molecule has 9 heteroatoms. The largest absolute Gasteiger partial charge is 0.389 e. The molecule has 1 aromatic heterocycles. The predicted octanol–water partition coefficient (Wildman–Crippen LogP) is 5.30. The van der Waals surface area contributed by atoms with Gasteiger partial charge in [0.25, 0.3) is 5.91 Å². The highest BCUT2D eigenvalue weighted by molar-refractivity contribution is 6.30. The van der Waals surface area contributed by atoms with E-state index in [1.807, 2.05) is 0 Å². The van der Waals surface area contributed by atoms with Crippen LogP contribution >= 0.6 is 11.6 Å². The Balaban J connectivity index is 1.39. The van der Waals surface area contributed by atoms with Crippen molar-refractivity contribution >= 4 is 34.2 Å². The maximum absolute atomic E-state index is 12.5. The number of amides is 1. The molecule has 2 aromatic carbocycles. The van der Waals surface area contributed by atoms with Crippen LogP contribution in [0.5, 0.6) is 0 Å². The standard InChI is InChI=1S/C23H21ClF3N3O2/c1-14-8-20-17(9-19(14)21(31)6-7-23(25,26)27)13-30(28-20)12-15-10-29(11-15)22(32)16-2-4-18(24)5-3-16/h2-5,8-9,13,15H,6-7,10-12H2,1H3. The molecule has 0 unspecified atom stereocenters. The van der Waals surface area contributed by atoms with Gasteiger partial charge >= 0.3 is 6.18 Å². The first-order valence-electron chi connectivity index (χ1n) is 10.2. The Hall–Kier alpha value is -2.87. The Morgan fingerprint density at radius 2 is 1.84 bits per heavy atom. The fourth-order valence-electron chi connectivity index (χ4n) is 3.90. The van der Waals surface area contributed by atoms with Gasteiger partial charge in [0.1, 0.15) is 0 Å². The van der Waals surface area contributed by atoms with E-state index in [1.165, 1.54) is 0 Å². The number of carbonyl (C=O) groups excluding carboxylic acids is 2. The van der Waals surface area contributed by atoms with E-state index < -0.39 is 24.8 Å². The summed E-state index contributed by atoms with van der Waals surface area (Å²) in [6.45, 7) is 3.52. The number of likely N-dealkylation sites (tertiary alicyclic amines) is 1. The van der Waals surface area contributed by atoms with Gasteiger partial charge in [0.05, 0.1) is 11.9 Å². The van der Waals surface area contributed by atoms with Crippen molar-refractivity contribution in [2.24, 2.45) is 5.92 Å². The van der Waals surface area contributed by atoms with Crippen molar-refractivity contribution in [2.45, 2.75) is 32.5 Å². The Kier molecular flexibility index (Phi) is 5.99. The van der Waals surface area contributed by atoms with Crippen LogP contribution in [0.1, 0.15) is 39.1 Å². The van der Waals surface area contributed by atoms with Crippen molar-refractivity contribution in [1.82, 2.24) is 14.7 Å². The number of alkyl halides is 3. The Morgan fingerprint density at radius 1 is 1.16 bits per heavy atom. The Bertz CT molecular complexity index is 1170. The van der Waals surface area contributed by atoms with Gasteiger partial charge in [-0.2, -0.15) is 18.3 Å². The molecule has 32 heavy (non-hydrogen) atoms. The predicted molar refractivity (Wildman–Crippen MR) is 115 cm³/mol. The van der Waals surface area contributed by atoms with Gasteiger partial charge in [-0.05, 0) is 48.9 Å². The SMILES string of the molecule is Cc1cc2nn(CC3CN(C(=O)c4ccc(Cl)cc4)C3)cc2cc1C(=O)CCC(F)(F)F. The van der Waals surface area contributed by atoms with Gasteiger partial charge in [0.2, 0.25) is 0 Å². The number of carbonyl (C=O) groups is 2.